The Morgan fingerprint density at radius 3 is 2.15 bits per heavy atom. The number of benzene rings is 1. The minimum Gasteiger partial charge on any atom is -0.423 e. The smallest absolute Gasteiger partial charge is 0.336 e. The molecular formula is C23H34NO3+. The van der Waals surface area contributed by atoms with E-state index in [9.17, 15) is 10.0 Å². The Morgan fingerprint density at radius 1 is 0.963 bits per heavy atom. The van der Waals surface area contributed by atoms with Gasteiger partial charge in [-0.25, -0.2) is 4.79 Å². The summed E-state index contributed by atoms with van der Waals surface area (Å²) in [6.07, 6.45) is 1.63. The third-order valence-corrected chi connectivity index (χ3v) is 4.02. The van der Waals surface area contributed by atoms with E-state index in [1.54, 1.807) is 18.3 Å². The van der Waals surface area contributed by atoms with Gasteiger partial charge in [-0.1, -0.05) is 54.7 Å². The Bertz CT molecular complexity index is 911. The molecule has 1 aromatic carbocycles. The number of nitrogens with zero attached hydrogens (tertiary/aromatic N) is 1. The van der Waals surface area contributed by atoms with Crippen LogP contribution in [0.1, 0.15) is 71.2 Å². The number of aromatic nitrogens is 1. The Balaban J connectivity index is 0.000000500. The predicted molar refractivity (Wildman–Crippen MR) is 113 cm³/mol. The molecule has 3 aromatic rings. The summed E-state index contributed by atoms with van der Waals surface area (Å²) < 4.78 is 6.34. The lowest BCUT2D eigenvalue weighted by molar-refractivity contribution is -0.910. The molecular weight excluding hydrogens is 338 g/mol. The van der Waals surface area contributed by atoms with E-state index in [1.165, 1.54) is 0 Å². The standard InChI is InChI=1S/C13H14O2.C8H12NO.2CH4/c1-8(2)11-7-13(14)15-12-6-9(3)4-5-10(11)12;1-7(2)8-5-3-4-6-9(8)10;;/h4-8H,1-3H3;3-7,10H,1-2H3;2*1H4/q;+1;;. The molecule has 0 radical (unpaired) electrons. The van der Waals surface area contributed by atoms with Gasteiger partial charge in [0.1, 0.15) is 5.58 Å². The Labute approximate surface area is 163 Å². The van der Waals surface area contributed by atoms with Crippen molar-refractivity contribution in [1.29, 1.82) is 0 Å². The molecule has 0 aliphatic heterocycles. The molecule has 4 heteroatoms. The first-order valence-electron chi connectivity index (χ1n) is 8.53. The maximum Gasteiger partial charge on any atom is 0.336 e. The average Bonchev–Trinajstić information content (AvgIpc) is 2.54. The maximum absolute atomic E-state index is 11.4. The van der Waals surface area contributed by atoms with Crippen LogP contribution in [0.2, 0.25) is 0 Å². The first-order valence-corrected chi connectivity index (χ1v) is 8.53. The highest BCUT2D eigenvalue weighted by atomic mass is 16.5. The van der Waals surface area contributed by atoms with Crippen LogP contribution in [0, 0.1) is 6.92 Å². The summed E-state index contributed by atoms with van der Waals surface area (Å²) in [7, 11) is 0. The molecule has 0 saturated carbocycles. The minimum absolute atomic E-state index is 0. The fourth-order valence-electron chi connectivity index (χ4n) is 2.68. The lowest BCUT2D eigenvalue weighted by Crippen LogP contribution is -2.34. The summed E-state index contributed by atoms with van der Waals surface area (Å²) in [5.41, 5.74) is 3.51. The summed E-state index contributed by atoms with van der Waals surface area (Å²) in [6, 6.07) is 13.2. The van der Waals surface area contributed by atoms with E-state index in [2.05, 4.69) is 13.8 Å². The van der Waals surface area contributed by atoms with Gasteiger partial charge < -0.3 is 4.42 Å². The van der Waals surface area contributed by atoms with E-state index >= 15 is 0 Å². The topological polar surface area (TPSA) is 54.3 Å². The van der Waals surface area contributed by atoms with Crippen molar-refractivity contribution in [2.75, 3.05) is 0 Å². The number of hydrogen-bond donors (Lipinski definition) is 1. The molecule has 27 heavy (non-hydrogen) atoms. The molecule has 0 atom stereocenters. The Morgan fingerprint density at radius 2 is 1.63 bits per heavy atom. The Hall–Kier alpha value is -2.62. The molecule has 3 rings (SSSR count). The van der Waals surface area contributed by atoms with Crippen LogP contribution in [-0.2, 0) is 0 Å². The van der Waals surface area contributed by atoms with Crippen molar-refractivity contribution in [2.24, 2.45) is 0 Å². The summed E-state index contributed by atoms with van der Waals surface area (Å²) in [6.45, 7) is 10.2. The van der Waals surface area contributed by atoms with Crippen LogP contribution >= 0.6 is 0 Å². The fraction of sp³-hybridized carbons (Fsp3) is 0.391. The molecule has 0 aliphatic rings. The van der Waals surface area contributed by atoms with Crippen LogP contribution in [0.5, 0.6) is 0 Å². The van der Waals surface area contributed by atoms with Crippen molar-refractivity contribution < 1.29 is 14.4 Å². The number of pyridine rings is 1. The molecule has 0 fully saturated rings. The van der Waals surface area contributed by atoms with Crippen LogP contribution in [0.25, 0.3) is 11.0 Å². The molecule has 2 heterocycles. The second-order valence-electron chi connectivity index (χ2n) is 6.80. The SMILES string of the molecule is C.C.CC(C)c1cccc[n+]1O.Cc1ccc2c(C(C)C)cc(=O)oc2c1. The van der Waals surface area contributed by atoms with Crippen LogP contribution in [0.15, 0.2) is 57.9 Å². The summed E-state index contributed by atoms with van der Waals surface area (Å²) in [4.78, 5) is 11.4. The van der Waals surface area contributed by atoms with Crippen LogP contribution < -0.4 is 10.4 Å². The predicted octanol–water partition coefficient (Wildman–Crippen LogP) is 5.83. The quantitative estimate of drug-likeness (QED) is 0.350. The first kappa shape index (κ1) is 24.4. The molecule has 0 unspecified atom stereocenters. The number of aryl methyl sites for hydroxylation is 1. The van der Waals surface area contributed by atoms with Gasteiger partial charge >= 0.3 is 5.63 Å². The maximum atomic E-state index is 11.4. The third kappa shape index (κ3) is 6.24. The molecule has 0 bridgehead atoms. The van der Waals surface area contributed by atoms with Gasteiger partial charge in [-0.05, 0) is 36.1 Å². The average molecular weight is 373 g/mol. The van der Waals surface area contributed by atoms with Crippen LogP contribution in [0.4, 0.5) is 0 Å². The molecule has 4 nitrogen and oxygen atoms in total. The van der Waals surface area contributed by atoms with Crippen molar-refractivity contribution in [2.45, 2.75) is 61.3 Å². The van der Waals surface area contributed by atoms with E-state index in [4.69, 9.17) is 4.42 Å². The zero-order valence-corrected chi connectivity index (χ0v) is 15.5. The van der Waals surface area contributed by atoms with Crippen LogP contribution in [0.3, 0.4) is 0 Å². The highest BCUT2D eigenvalue weighted by molar-refractivity contribution is 5.81. The van der Waals surface area contributed by atoms with E-state index in [0.717, 1.165) is 26.9 Å². The van der Waals surface area contributed by atoms with E-state index < -0.39 is 0 Å². The van der Waals surface area contributed by atoms with Gasteiger partial charge in [0.15, 0.2) is 0 Å². The second-order valence-corrected chi connectivity index (χ2v) is 6.80. The monoisotopic (exact) mass is 372 g/mol. The van der Waals surface area contributed by atoms with Crippen LogP contribution in [-0.4, -0.2) is 5.21 Å². The van der Waals surface area contributed by atoms with Gasteiger partial charge in [0.25, 0.3) is 0 Å². The van der Waals surface area contributed by atoms with Gasteiger partial charge in [0.05, 0.1) is 0 Å². The third-order valence-electron chi connectivity index (χ3n) is 4.02. The molecule has 0 saturated heterocycles. The summed E-state index contributed by atoms with van der Waals surface area (Å²) >= 11 is 0. The van der Waals surface area contributed by atoms with Crippen molar-refractivity contribution in [1.82, 2.24) is 0 Å². The lowest BCUT2D eigenvalue weighted by Gasteiger charge is -2.08. The number of hydrogen-bond acceptors (Lipinski definition) is 3. The molecule has 0 spiro atoms. The highest BCUT2D eigenvalue weighted by Gasteiger charge is 2.11. The van der Waals surface area contributed by atoms with E-state index in [0.29, 0.717) is 17.4 Å². The minimum atomic E-state index is -0.267. The van der Waals surface area contributed by atoms with Gasteiger partial charge in [-0.15, -0.1) is 0 Å². The summed E-state index contributed by atoms with van der Waals surface area (Å²) in [5, 5.41) is 10.2. The van der Waals surface area contributed by atoms with Gasteiger partial charge in [-0.2, -0.15) is 0 Å². The van der Waals surface area contributed by atoms with E-state index in [1.807, 2.05) is 51.1 Å². The lowest BCUT2D eigenvalue weighted by atomic mass is 9.99. The highest BCUT2D eigenvalue weighted by Crippen LogP contribution is 2.24. The second kappa shape index (κ2) is 10.5. The zero-order valence-electron chi connectivity index (χ0n) is 15.5. The largest absolute Gasteiger partial charge is 0.423 e. The van der Waals surface area contributed by atoms with Gasteiger partial charge in [0.2, 0.25) is 11.9 Å². The van der Waals surface area contributed by atoms with Crippen molar-refractivity contribution in [3.05, 3.63) is 75.9 Å². The number of fused-ring (bicyclic) bond motifs is 1. The molecule has 0 amide bonds. The molecule has 148 valence electrons. The van der Waals surface area contributed by atoms with Gasteiger partial charge in [-0.3, -0.25) is 5.21 Å². The van der Waals surface area contributed by atoms with Gasteiger partial charge in [0, 0.05) is 34.2 Å². The normalized spacial score (nSPS) is 10.0. The van der Waals surface area contributed by atoms with Crippen molar-refractivity contribution >= 4 is 11.0 Å². The Kier molecular flexibility index (Phi) is 9.49. The first-order chi connectivity index (χ1) is 11.8. The zero-order chi connectivity index (χ0) is 18.6. The van der Waals surface area contributed by atoms with Crippen molar-refractivity contribution in [3.8, 4) is 0 Å². The number of rotatable bonds is 2. The fourth-order valence-corrected chi connectivity index (χ4v) is 2.68. The van der Waals surface area contributed by atoms with Crippen molar-refractivity contribution in [3.63, 3.8) is 0 Å². The molecule has 1 N–H and O–H groups in total. The molecule has 2 aromatic heterocycles. The summed E-state index contributed by atoms with van der Waals surface area (Å²) in [5.74, 6) is 0.700. The van der Waals surface area contributed by atoms with E-state index in [-0.39, 0.29) is 20.5 Å². The molecule has 0 aliphatic carbocycles.